The van der Waals surface area contributed by atoms with Crippen LogP contribution in [0.3, 0.4) is 0 Å². The molecule has 0 fully saturated rings. The Bertz CT molecular complexity index is 504. The maximum Gasteiger partial charge on any atom is 0.270 e. The monoisotopic (exact) mass is 357 g/mol. The first-order valence-corrected chi connectivity index (χ1v) is 7.73. The standard InChI is InChI=1S/C14H20BrN3O3/c1-3-17(4-2)9-5-8-16-14(19)12-10-11(18(20)21)6-7-13(12)15/h6-7,10H,3-5,8-9H2,1-2H3,(H,16,19). The molecule has 1 aromatic carbocycles. The van der Waals surface area contributed by atoms with Crippen molar-refractivity contribution in [3.05, 3.63) is 38.3 Å². The smallest absolute Gasteiger partial charge is 0.270 e. The number of hydrogen-bond donors (Lipinski definition) is 1. The van der Waals surface area contributed by atoms with E-state index < -0.39 is 4.92 Å². The molecule has 21 heavy (non-hydrogen) atoms. The summed E-state index contributed by atoms with van der Waals surface area (Å²) in [5.41, 5.74) is 0.193. The van der Waals surface area contributed by atoms with Crippen LogP contribution in [0.1, 0.15) is 30.6 Å². The zero-order valence-electron chi connectivity index (χ0n) is 12.3. The topological polar surface area (TPSA) is 75.5 Å². The molecule has 0 atom stereocenters. The van der Waals surface area contributed by atoms with Gasteiger partial charge in [-0.25, -0.2) is 0 Å². The summed E-state index contributed by atoms with van der Waals surface area (Å²) in [6, 6.07) is 4.16. The molecule has 0 spiro atoms. The maximum absolute atomic E-state index is 12.0. The number of carbonyl (C=O) groups excluding carboxylic acids is 1. The molecule has 1 N–H and O–H groups in total. The molecule has 1 aromatic rings. The summed E-state index contributed by atoms with van der Waals surface area (Å²) in [4.78, 5) is 24.6. The molecule has 0 aliphatic heterocycles. The van der Waals surface area contributed by atoms with Crippen molar-refractivity contribution in [1.82, 2.24) is 10.2 Å². The lowest BCUT2D eigenvalue weighted by Gasteiger charge is -2.17. The first-order chi connectivity index (χ1) is 9.99. The van der Waals surface area contributed by atoms with Crippen LogP contribution in [-0.2, 0) is 0 Å². The molecule has 0 aliphatic rings. The van der Waals surface area contributed by atoms with E-state index in [0.29, 0.717) is 11.0 Å². The highest BCUT2D eigenvalue weighted by Gasteiger charge is 2.15. The molecule has 0 heterocycles. The van der Waals surface area contributed by atoms with Crippen LogP contribution in [0.5, 0.6) is 0 Å². The van der Waals surface area contributed by atoms with Crippen molar-refractivity contribution < 1.29 is 9.72 Å². The Balaban J connectivity index is 2.56. The van der Waals surface area contributed by atoms with E-state index in [1.54, 1.807) is 0 Å². The van der Waals surface area contributed by atoms with Gasteiger partial charge in [0.25, 0.3) is 11.6 Å². The second-order valence-corrected chi connectivity index (χ2v) is 5.41. The molecule has 6 nitrogen and oxygen atoms in total. The average molecular weight is 358 g/mol. The van der Waals surface area contributed by atoms with E-state index in [1.165, 1.54) is 18.2 Å². The molecule has 0 unspecified atom stereocenters. The summed E-state index contributed by atoms with van der Waals surface area (Å²) in [6.07, 6.45) is 0.847. The number of halogens is 1. The minimum Gasteiger partial charge on any atom is -0.352 e. The Morgan fingerprint density at radius 3 is 2.62 bits per heavy atom. The van der Waals surface area contributed by atoms with Gasteiger partial charge in [0.1, 0.15) is 0 Å². The summed E-state index contributed by atoms with van der Waals surface area (Å²) in [5, 5.41) is 13.5. The zero-order valence-corrected chi connectivity index (χ0v) is 13.9. The number of nitrogens with one attached hydrogen (secondary N) is 1. The lowest BCUT2D eigenvalue weighted by Crippen LogP contribution is -2.30. The van der Waals surface area contributed by atoms with Gasteiger partial charge in [-0.05, 0) is 48.1 Å². The SMILES string of the molecule is CCN(CC)CCCNC(=O)c1cc([N+](=O)[O-])ccc1Br. The molecule has 1 amide bonds. The van der Waals surface area contributed by atoms with Crippen LogP contribution in [0.15, 0.2) is 22.7 Å². The highest BCUT2D eigenvalue weighted by atomic mass is 79.9. The van der Waals surface area contributed by atoms with Crippen LogP contribution in [0, 0.1) is 10.1 Å². The minimum absolute atomic E-state index is 0.0912. The number of non-ortho nitro benzene ring substituents is 1. The second kappa shape index (κ2) is 8.74. The van der Waals surface area contributed by atoms with Gasteiger partial charge in [-0.15, -0.1) is 0 Å². The third kappa shape index (κ3) is 5.43. The van der Waals surface area contributed by atoms with Crippen LogP contribution in [0.4, 0.5) is 5.69 Å². The number of rotatable bonds is 8. The van der Waals surface area contributed by atoms with Gasteiger partial charge in [0.15, 0.2) is 0 Å². The fraction of sp³-hybridized carbons (Fsp3) is 0.500. The molecule has 0 saturated carbocycles. The van der Waals surface area contributed by atoms with Crippen molar-refractivity contribution in [3.8, 4) is 0 Å². The van der Waals surface area contributed by atoms with E-state index in [-0.39, 0.29) is 17.2 Å². The lowest BCUT2D eigenvalue weighted by atomic mass is 10.2. The van der Waals surface area contributed by atoms with Crippen LogP contribution in [0.25, 0.3) is 0 Å². The largest absolute Gasteiger partial charge is 0.352 e. The predicted octanol–water partition coefficient (Wildman–Crippen LogP) is 2.82. The van der Waals surface area contributed by atoms with E-state index in [0.717, 1.165) is 26.1 Å². The summed E-state index contributed by atoms with van der Waals surface area (Å²) < 4.78 is 0.550. The molecule has 7 heteroatoms. The lowest BCUT2D eigenvalue weighted by molar-refractivity contribution is -0.384. The Kier molecular flexibility index (Phi) is 7.31. The van der Waals surface area contributed by atoms with Gasteiger partial charge < -0.3 is 10.2 Å². The summed E-state index contributed by atoms with van der Waals surface area (Å²) in [5.74, 6) is -0.301. The fourth-order valence-electron chi connectivity index (χ4n) is 1.94. The molecule has 116 valence electrons. The number of nitro groups is 1. The van der Waals surface area contributed by atoms with Gasteiger partial charge in [-0.1, -0.05) is 13.8 Å². The minimum atomic E-state index is -0.510. The second-order valence-electron chi connectivity index (χ2n) is 4.56. The van der Waals surface area contributed by atoms with Gasteiger partial charge in [0, 0.05) is 23.2 Å². The van der Waals surface area contributed by atoms with Gasteiger partial charge in [-0.3, -0.25) is 14.9 Å². The van der Waals surface area contributed by atoms with Crippen molar-refractivity contribution in [2.45, 2.75) is 20.3 Å². The number of hydrogen-bond acceptors (Lipinski definition) is 4. The number of amides is 1. The first kappa shape index (κ1) is 17.6. The first-order valence-electron chi connectivity index (χ1n) is 6.94. The summed E-state index contributed by atoms with van der Waals surface area (Å²) in [6.45, 7) is 7.64. The Morgan fingerprint density at radius 2 is 2.05 bits per heavy atom. The van der Waals surface area contributed by atoms with Crippen molar-refractivity contribution in [1.29, 1.82) is 0 Å². The number of nitrogens with zero attached hydrogens (tertiary/aromatic N) is 2. The molecular formula is C14H20BrN3O3. The van der Waals surface area contributed by atoms with Crippen LogP contribution < -0.4 is 5.32 Å². The van der Waals surface area contributed by atoms with E-state index in [1.807, 2.05) is 0 Å². The van der Waals surface area contributed by atoms with E-state index in [9.17, 15) is 14.9 Å². The number of benzene rings is 1. The van der Waals surface area contributed by atoms with Gasteiger partial charge in [0.05, 0.1) is 10.5 Å². The van der Waals surface area contributed by atoms with Gasteiger partial charge >= 0.3 is 0 Å². The molecular weight excluding hydrogens is 338 g/mol. The third-order valence-electron chi connectivity index (χ3n) is 3.24. The number of nitro benzene ring substituents is 1. The Labute approximate surface area is 132 Å². The Hall–Kier alpha value is -1.47. The quantitative estimate of drug-likeness (QED) is 0.441. The van der Waals surface area contributed by atoms with Crippen molar-refractivity contribution in [3.63, 3.8) is 0 Å². The highest BCUT2D eigenvalue weighted by molar-refractivity contribution is 9.10. The summed E-state index contributed by atoms with van der Waals surface area (Å²) in [7, 11) is 0. The van der Waals surface area contributed by atoms with E-state index in [2.05, 4.69) is 40.0 Å². The number of carbonyl (C=O) groups is 1. The maximum atomic E-state index is 12.0. The normalized spacial score (nSPS) is 10.7. The van der Waals surface area contributed by atoms with E-state index >= 15 is 0 Å². The predicted molar refractivity (Wildman–Crippen MR) is 85.5 cm³/mol. The molecule has 0 radical (unpaired) electrons. The molecule has 1 rings (SSSR count). The molecule has 0 aromatic heterocycles. The Morgan fingerprint density at radius 1 is 1.38 bits per heavy atom. The van der Waals surface area contributed by atoms with Crippen LogP contribution >= 0.6 is 15.9 Å². The van der Waals surface area contributed by atoms with Crippen molar-refractivity contribution >= 4 is 27.5 Å². The van der Waals surface area contributed by atoms with Crippen LogP contribution in [-0.4, -0.2) is 41.9 Å². The van der Waals surface area contributed by atoms with Gasteiger partial charge in [0.2, 0.25) is 0 Å². The zero-order chi connectivity index (χ0) is 15.8. The summed E-state index contributed by atoms with van der Waals surface area (Å²) >= 11 is 3.24. The molecule has 0 bridgehead atoms. The average Bonchev–Trinajstić information content (AvgIpc) is 2.47. The third-order valence-corrected chi connectivity index (χ3v) is 3.93. The molecule has 0 saturated heterocycles. The molecule has 0 aliphatic carbocycles. The van der Waals surface area contributed by atoms with Crippen LogP contribution in [0.2, 0.25) is 0 Å². The van der Waals surface area contributed by atoms with Crippen molar-refractivity contribution in [2.75, 3.05) is 26.2 Å². The highest BCUT2D eigenvalue weighted by Crippen LogP contribution is 2.22. The van der Waals surface area contributed by atoms with E-state index in [4.69, 9.17) is 0 Å². The van der Waals surface area contributed by atoms with Crippen molar-refractivity contribution in [2.24, 2.45) is 0 Å². The fourth-order valence-corrected chi connectivity index (χ4v) is 2.37. The van der Waals surface area contributed by atoms with Gasteiger partial charge in [-0.2, -0.15) is 0 Å².